The van der Waals surface area contributed by atoms with Gasteiger partial charge in [-0.2, -0.15) is 0 Å². The van der Waals surface area contributed by atoms with E-state index < -0.39 is 0 Å². The van der Waals surface area contributed by atoms with Gasteiger partial charge >= 0.3 is 0 Å². The normalized spacial score (nSPS) is 10.9. The van der Waals surface area contributed by atoms with Crippen molar-refractivity contribution in [2.75, 3.05) is 6.54 Å². The summed E-state index contributed by atoms with van der Waals surface area (Å²) in [5.41, 5.74) is 3.50. The first kappa shape index (κ1) is 15.9. The van der Waals surface area contributed by atoms with Gasteiger partial charge in [0.1, 0.15) is 0 Å². The molecule has 1 amide bonds. The number of para-hydroxylation sites is 1. The van der Waals surface area contributed by atoms with E-state index >= 15 is 0 Å². The lowest BCUT2D eigenvalue weighted by molar-refractivity contribution is 0.0955. The Hall–Kier alpha value is -1.97. The van der Waals surface area contributed by atoms with Gasteiger partial charge in [-0.3, -0.25) is 4.79 Å². The number of nitrogens with one attached hydrogen (secondary N) is 2. The molecule has 23 heavy (non-hydrogen) atoms. The quantitative estimate of drug-likeness (QED) is 0.702. The van der Waals surface area contributed by atoms with E-state index in [1.165, 1.54) is 0 Å². The molecule has 5 heteroatoms. The van der Waals surface area contributed by atoms with Crippen LogP contribution < -0.4 is 5.32 Å². The highest BCUT2D eigenvalue weighted by Crippen LogP contribution is 2.22. The molecule has 0 fully saturated rings. The molecule has 0 unspecified atom stereocenters. The number of aryl methyl sites for hydroxylation is 1. The maximum atomic E-state index is 12.5. The molecule has 3 rings (SSSR count). The Bertz CT molecular complexity index is 871. The Balaban J connectivity index is 1.70. The average Bonchev–Trinajstić information content (AvgIpc) is 2.85. The smallest absolute Gasteiger partial charge is 0.253 e. The lowest BCUT2D eigenvalue weighted by Gasteiger charge is -2.07. The molecule has 2 N–H and O–H groups in total. The minimum Gasteiger partial charge on any atom is -0.358 e. The van der Waals surface area contributed by atoms with E-state index in [0.29, 0.717) is 28.6 Å². The first-order valence-corrected chi connectivity index (χ1v) is 8.11. The summed E-state index contributed by atoms with van der Waals surface area (Å²) < 4.78 is 0. The maximum absolute atomic E-state index is 12.5. The van der Waals surface area contributed by atoms with Crippen LogP contribution in [-0.2, 0) is 6.42 Å². The first-order valence-electron chi connectivity index (χ1n) is 7.35. The van der Waals surface area contributed by atoms with E-state index in [1.807, 2.05) is 37.3 Å². The van der Waals surface area contributed by atoms with Gasteiger partial charge in [0.05, 0.1) is 5.56 Å². The van der Waals surface area contributed by atoms with Crippen LogP contribution in [0.3, 0.4) is 0 Å². The minimum atomic E-state index is -0.0787. The Morgan fingerprint density at radius 2 is 1.96 bits per heavy atom. The van der Waals surface area contributed by atoms with E-state index in [4.69, 9.17) is 23.2 Å². The maximum Gasteiger partial charge on any atom is 0.253 e. The molecule has 0 bridgehead atoms. The number of rotatable bonds is 4. The molecule has 0 radical (unpaired) electrons. The summed E-state index contributed by atoms with van der Waals surface area (Å²) >= 11 is 12.0. The van der Waals surface area contributed by atoms with Gasteiger partial charge in [-0.1, -0.05) is 47.5 Å². The van der Waals surface area contributed by atoms with Crippen LogP contribution in [-0.4, -0.2) is 17.4 Å². The molecule has 1 aromatic heterocycles. The van der Waals surface area contributed by atoms with Gasteiger partial charge in [0.25, 0.3) is 5.91 Å². The van der Waals surface area contributed by atoms with Crippen molar-refractivity contribution in [2.24, 2.45) is 0 Å². The zero-order chi connectivity index (χ0) is 16.4. The van der Waals surface area contributed by atoms with E-state index in [1.54, 1.807) is 12.1 Å². The summed E-state index contributed by atoms with van der Waals surface area (Å²) in [7, 11) is 0. The van der Waals surface area contributed by atoms with Gasteiger partial charge in [0, 0.05) is 33.2 Å². The van der Waals surface area contributed by atoms with Gasteiger partial charge in [0.15, 0.2) is 0 Å². The number of benzene rings is 2. The van der Waals surface area contributed by atoms with Crippen LogP contribution in [0.5, 0.6) is 0 Å². The van der Waals surface area contributed by atoms with E-state index in [2.05, 4.69) is 10.3 Å². The number of amides is 1. The second-order valence-electron chi connectivity index (χ2n) is 5.41. The van der Waals surface area contributed by atoms with Crippen LogP contribution in [0.4, 0.5) is 0 Å². The fourth-order valence-corrected chi connectivity index (χ4v) is 3.20. The van der Waals surface area contributed by atoms with E-state index in [0.717, 1.165) is 22.2 Å². The summed E-state index contributed by atoms with van der Waals surface area (Å²) in [6, 6.07) is 13.2. The van der Waals surface area contributed by atoms with Crippen molar-refractivity contribution in [3.05, 3.63) is 69.3 Å². The number of H-pyrrole nitrogens is 1. The molecule has 0 saturated heterocycles. The van der Waals surface area contributed by atoms with Crippen LogP contribution in [0, 0.1) is 6.92 Å². The number of carbonyl (C=O) groups excluding carboxylic acids is 1. The molecular formula is C18H16Cl2N2O. The lowest BCUT2D eigenvalue weighted by Crippen LogP contribution is -2.26. The number of hydrogen-bond acceptors (Lipinski definition) is 1. The average molecular weight is 347 g/mol. The van der Waals surface area contributed by atoms with Gasteiger partial charge in [0.2, 0.25) is 0 Å². The predicted octanol–water partition coefficient (Wildman–Crippen LogP) is 4.76. The summed E-state index contributed by atoms with van der Waals surface area (Å²) in [6.07, 6.45) is 0.656. The van der Waals surface area contributed by atoms with Crippen molar-refractivity contribution >= 4 is 40.0 Å². The van der Waals surface area contributed by atoms with Crippen LogP contribution in [0.1, 0.15) is 21.6 Å². The second-order valence-corrected chi connectivity index (χ2v) is 6.26. The molecule has 0 aliphatic rings. The molecule has 1 heterocycles. The van der Waals surface area contributed by atoms with Crippen molar-refractivity contribution in [3.63, 3.8) is 0 Å². The lowest BCUT2D eigenvalue weighted by atomic mass is 10.1. The number of halogens is 2. The summed E-state index contributed by atoms with van der Waals surface area (Å²) in [4.78, 5) is 15.7. The van der Waals surface area contributed by atoms with Crippen molar-refractivity contribution < 1.29 is 4.79 Å². The van der Waals surface area contributed by atoms with Crippen LogP contribution in [0.2, 0.25) is 10.0 Å². The fraction of sp³-hybridized carbons (Fsp3) is 0.167. The standard InChI is InChI=1S/C18H16Cl2N2O/c1-11-17(14-4-2-3-5-16(14)22-11)18(23)21-9-8-12-6-7-13(19)10-15(12)20/h2-7,10,22H,8-9H2,1H3,(H,21,23). The molecule has 118 valence electrons. The summed E-state index contributed by atoms with van der Waals surface area (Å²) in [6.45, 7) is 2.42. The van der Waals surface area contributed by atoms with Crippen LogP contribution in [0.15, 0.2) is 42.5 Å². The van der Waals surface area contributed by atoms with Gasteiger partial charge < -0.3 is 10.3 Å². The molecule has 0 spiro atoms. The highest BCUT2D eigenvalue weighted by atomic mass is 35.5. The first-order chi connectivity index (χ1) is 11.1. The Morgan fingerprint density at radius 3 is 2.74 bits per heavy atom. The molecule has 3 nitrogen and oxygen atoms in total. The van der Waals surface area contributed by atoms with E-state index in [-0.39, 0.29) is 5.91 Å². The molecule has 0 aliphatic carbocycles. The summed E-state index contributed by atoms with van der Waals surface area (Å²) in [5.74, 6) is -0.0787. The monoisotopic (exact) mass is 346 g/mol. The van der Waals surface area contributed by atoms with Crippen molar-refractivity contribution in [2.45, 2.75) is 13.3 Å². The third-order valence-corrected chi connectivity index (χ3v) is 4.40. The Kier molecular flexibility index (Phi) is 4.60. The van der Waals surface area contributed by atoms with Gasteiger partial charge in [-0.25, -0.2) is 0 Å². The molecule has 0 atom stereocenters. The van der Waals surface area contributed by atoms with Crippen molar-refractivity contribution in [3.8, 4) is 0 Å². The largest absolute Gasteiger partial charge is 0.358 e. The van der Waals surface area contributed by atoms with Crippen molar-refractivity contribution in [1.82, 2.24) is 10.3 Å². The third kappa shape index (κ3) is 3.36. The minimum absolute atomic E-state index is 0.0787. The molecular weight excluding hydrogens is 331 g/mol. The second kappa shape index (κ2) is 6.65. The van der Waals surface area contributed by atoms with Gasteiger partial charge in [-0.05, 0) is 37.1 Å². The molecule has 2 aromatic carbocycles. The molecule has 0 aliphatic heterocycles. The highest BCUT2D eigenvalue weighted by molar-refractivity contribution is 6.35. The molecule has 0 saturated carbocycles. The van der Waals surface area contributed by atoms with Crippen LogP contribution >= 0.6 is 23.2 Å². The SMILES string of the molecule is Cc1[nH]c2ccccc2c1C(=O)NCCc1ccc(Cl)cc1Cl. The summed E-state index contributed by atoms with van der Waals surface area (Å²) in [5, 5.41) is 5.12. The van der Waals surface area contributed by atoms with E-state index in [9.17, 15) is 4.79 Å². The molecule has 3 aromatic rings. The fourth-order valence-electron chi connectivity index (χ4n) is 2.69. The van der Waals surface area contributed by atoms with Crippen molar-refractivity contribution in [1.29, 1.82) is 0 Å². The van der Waals surface area contributed by atoms with Gasteiger partial charge in [-0.15, -0.1) is 0 Å². The van der Waals surface area contributed by atoms with Crippen LogP contribution in [0.25, 0.3) is 10.9 Å². The zero-order valence-corrected chi connectivity index (χ0v) is 14.1. The predicted molar refractivity (Wildman–Crippen MR) is 95.5 cm³/mol. The Labute approximate surface area is 144 Å². The number of carbonyl (C=O) groups is 1. The number of hydrogen-bond donors (Lipinski definition) is 2. The highest BCUT2D eigenvalue weighted by Gasteiger charge is 2.15. The number of aromatic amines is 1. The zero-order valence-electron chi connectivity index (χ0n) is 12.6. The number of aromatic nitrogens is 1. The third-order valence-electron chi connectivity index (χ3n) is 3.82. The Morgan fingerprint density at radius 1 is 1.17 bits per heavy atom. The number of fused-ring (bicyclic) bond motifs is 1. The topological polar surface area (TPSA) is 44.9 Å².